The van der Waals surface area contributed by atoms with Gasteiger partial charge in [-0.2, -0.15) is 0 Å². The summed E-state index contributed by atoms with van der Waals surface area (Å²) in [5.74, 6) is 0. The van der Waals surface area contributed by atoms with Gasteiger partial charge in [-0.15, -0.1) is 10.2 Å². The van der Waals surface area contributed by atoms with Crippen molar-refractivity contribution in [3.05, 3.63) is 29.8 Å². The van der Waals surface area contributed by atoms with Gasteiger partial charge < -0.3 is 5.73 Å². The smallest absolute Gasteiger partial charge is 0.179 e. The molecule has 0 aliphatic rings. The number of hydrogen-bond acceptors (Lipinski definition) is 6. The van der Waals surface area contributed by atoms with Crippen molar-refractivity contribution in [2.45, 2.75) is 33.0 Å². The summed E-state index contributed by atoms with van der Waals surface area (Å²) >= 11 is 4.91. The third kappa shape index (κ3) is 3.98. The molecule has 0 bridgehead atoms. The topological polar surface area (TPSA) is 51.8 Å². The van der Waals surface area contributed by atoms with Crippen LogP contribution in [0.3, 0.4) is 0 Å². The first-order chi connectivity index (χ1) is 8.67. The Morgan fingerprint density at radius 1 is 1.22 bits per heavy atom. The van der Waals surface area contributed by atoms with Crippen LogP contribution in [0.25, 0.3) is 0 Å². The third-order valence-electron chi connectivity index (χ3n) is 2.25. The minimum atomic E-state index is 0.204. The zero-order valence-electron chi connectivity index (χ0n) is 10.3. The molecule has 1 atom stereocenters. The van der Waals surface area contributed by atoms with Crippen molar-refractivity contribution >= 4 is 34.9 Å². The lowest BCUT2D eigenvalue weighted by molar-refractivity contribution is 0.737. The maximum atomic E-state index is 5.78. The van der Waals surface area contributed by atoms with E-state index in [1.54, 1.807) is 34.9 Å². The molecule has 2 rings (SSSR count). The van der Waals surface area contributed by atoms with Gasteiger partial charge in [0.05, 0.1) is 0 Å². The van der Waals surface area contributed by atoms with Crippen molar-refractivity contribution < 1.29 is 0 Å². The van der Waals surface area contributed by atoms with Crippen molar-refractivity contribution in [1.29, 1.82) is 0 Å². The van der Waals surface area contributed by atoms with Crippen LogP contribution < -0.4 is 5.73 Å². The minimum Gasteiger partial charge on any atom is -0.328 e. The first kappa shape index (κ1) is 13.9. The molecular weight excluding hydrogens is 282 g/mol. The lowest BCUT2D eigenvalue weighted by Crippen LogP contribution is -2.17. The summed E-state index contributed by atoms with van der Waals surface area (Å²) in [4.78, 5) is 1.19. The molecule has 0 radical (unpaired) electrons. The fourth-order valence-corrected chi connectivity index (χ4v) is 3.90. The Hall–Kier alpha value is -0.560. The van der Waals surface area contributed by atoms with Crippen molar-refractivity contribution in [2.75, 3.05) is 6.26 Å². The average molecular weight is 297 g/mol. The first-order valence-electron chi connectivity index (χ1n) is 5.57. The Labute approximate surface area is 120 Å². The van der Waals surface area contributed by atoms with Crippen LogP contribution >= 0.6 is 34.9 Å². The van der Waals surface area contributed by atoms with Crippen molar-refractivity contribution in [3.8, 4) is 0 Å². The summed E-state index contributed by atoms with van der Waals surface area (Å²) in [6.07, 6.45) is 2.93. The zero-order valence-corrected chi connectivity index (χ0v) is 12.7. The van der Waals surface area contributed by atoms with Crippen LogP contribution in [0.4, 0.5) is 0 Å². The van der Waals surface area contributed by atoms with Crippen LogP contribution in [0.5, 0.6) is 0 Å². The van der Waals surface area contributed by atoms with E-state index in [2.05, 4.69) is 34.5 Å². The summed E-state index contributed by atoms with van der Waals surface area (Å²) in [5.41, 5.74) is 7.05. The highest BCUT2D eigenvalue weighted by Crippen LogP contribution is 2.32. The van der Waals surface area contributed by atoms with E-state index in [0.717, 1.165) is 15.1 Å². The van der Waals surface area contributed by atoms with Gasteiger partial charge in [0.2, 0.25) is 0 Å². The number of thioether (sulfide) groups is 1. The Kier molecular flexibility index (Phi) is 5.05. The van der Waals surface area contributed by atoms with Gasteiger partial charge in [0.15, 0.2) is 8.68 Å². The number of nitrogens with two attached hydrogens (primary N) is 1. The molecule has 1 heterocycles. The maximum Gasteiger partial charge on any atom is 0.179 e. The summed E-state index contributed by atoms with van der Waals surface area (Å²) in [7, 11) is 0. The molecule has 1 unspecified atom stereocenters. The Bertz CT molecular complexity index is 494. The molecule has 3 nitrogen and oxygen atoms in total. The molecule has 2 aromatic rings. The second kappa shape index (κ2) is 6.56. The van der Waals surface area contributed by atoms with Crippen LogP contribution in [0.2, 0.25) is 0 Å². The Morgan fingerprint density at radius 2 is 1.89 bits per heavy atom. The van der Waals surface area contributed by atoms with E-state index in [0.29, 0.717) is 0 Å². The van der Waals surface area contributed by atoms with Crippen LogP contribution in [0.1, 0.15) is 12.5 Å². The fourth-order valence-electron chi connectivity index (χ4n) is 1.49. The predicted molar refractivity (Wildman–Crippen MR) is 79.6 cm³/mol. The van der Waals surface area contributed by atoms with Crippen LogP contribution in [0.15, 0.2) is 37.8 Å². The minimum absolute atomic E-state index is 0.204. The number of hydrogen-bond donors (Lipinski definition) is 1. The Balaban J connectivity index is 2.01. The number of rotatable bonds is 5. The predicted octanol–water partition coefficient (Wildman–Crippen LogP) is 3.30. The van der Waals surface area contributed by atoms with E-state index in [9.17, 15) is 0 Å². The van der Waals surface area contributed by atoms with Crippen LogP contribution in [0, 0.1) is 0 Å². The van der Waals surface area contributed by atoms with Crippen molar-refractivity contribution in [2.24, 2.45) is 5.73 Å². The van der Waals surface area contributed by atoms with Crippen molar-refractivity contribution in [3.63, 3.8) is 0 Å². The molecule has 1 aromatic heterocycles. The van der Waals surface area contributed by atoms with E-state index >= 15 is 0 Å². The molecule has 0 saturated heterocycles. The zero-order chi connectivity index (χ0) is 13.0. The maximum absolute atomic E-state index is 5.78. The van der Waals surface area contributed by atoms with Crippen LogP contribution in [-0.2, 0) is 6.42 Å². The van der Waals surface area contributed by atoms with Gasteiger partial charge in [-0.25, -0.2) is 0 Å². The second-order valence-corrected chi connectivity index (χ2v) is 7.32. The van der Waals surface area contributed by atoms with Gasteiger partial charge in [0.1, 0.15) is 0 Å². The van der Waals surface area contributed by atoms with Gasteiger partial charge in [0.25, 0.3) is 0 Å². The Morgan fingerprint density at radius 3 is 2.44 bits per heavy atom. The quantitative estimate of drug-likeness (QED) is 0.858. The summed E-state index contributed by atoms with van der Waals surface area (Å²) in [6.45, 7) is 2.02. The molecular formula is C12H15N3S3. The monoisotopic (exact) mass is 297 g/mol. The molecule has 0 amide bonds. The fraction of sp³-hybridized carbons (Fsp3) is 0.333. The molecule has 18 heavy (non-hydrogen) atoms. The van der Waals surface area contributed by atoms with E-state index in [1.807, 2.05) is 13.2 Å². The lowest BCUT2D eigenvalue weighted by atomic mass is 10.1. The largest absolute Gasteiger partial charge is 0.328 e. The number of benzene rings is 1. The molecule has 0 spiro atoms. The van der Waals surface area contributed by atoms with E-state index < -0.39 is 0 Å². The normalized spacial score (nSPS) is 12.6. The highest BCUT2D eigenvalue weighted by Gasteiger charge is 2.05. The van der Waals surface area contributed by atoms with E-state index in [-0.39, 0.29) is 6.04 Å². The number of nitrogens with zero attached hydrogens (tertiary/aromatic N) is 2. The molecule has 0 aliphatic heterocycles. The summed E-state index contributed by atoms with van der Waals surface area (Å²) < 4.78 is 1.99. The number of aromatic nitrogens is 2. The second-order valence-electron chi connectivity index (χ2n) is 3.97. The van der Waals surface area contributed by atoms with Gasteiger partial charge in [-0.05, 0) is 37.3 Å². The molecule has 0 saturated carbocycles. The van der Waals surface area contributed by atoms with Gasteiger partial charge in [-0.1, -0.05) is 47.0 Å². The molecule has 96 valence electrons. The highest BCUT2D eigenvalue weighted by molar-refractivity contribution is 8.03. The van der Waals surface area contributed by atoms with E-state index in [4.69, 9.17) is 5.73 Å². The summed E-state index contributed by atoms with van der Waals surface area (Å²) in [6, 6.07) is 8.69. The van der Waals surface area contributed by atoms with Gasteiger partial charge >= 0.3 is 0 Å². The molecule has 0 fully saturated rings. The highest BCUT2D eigenvalue weighted by atomic mass is 32.2. The molecule has 2 N–H and O–H groups in total. The standard InChI is InChI=1S/C12H15N3S3/c1-8(13)7-9-3-5-10(6-4-9)17-12-15-14-11(16-2)18-12/h3-6,8H,7,13H2,1-2H3. The molecule has 1 aromatic carbocycles. The first-order valence-corrected chi connectivity index (χ1v) is 8.43. The molecule has 0 aliphatic carbocycles. The van der Waals surface area contributed by atoms with Gasteiger partial charge in [-0.3, -0.25) is 0 Å². The SMILES string of the molecule is CSc1nnc(Sc2ccc(CC(C)N)cc2)s1. The summed E-state index contributed by atoms with van der Waals surface area (Å²) in [5, 5.41) is 8.23. The average Bonchev–Trinajstić information content (AvgIpc) is 2.79. The third-order valence-corrected chi connectivity index (χ3v) is 5.21. The van der Waals surface area contributed by atoms with E-state index in [1.165, 1.54) is 10.5 Å². The molecule has 6 heteroatoms. The lowest BCUT2D eigenvalue weighted by Gasteiger charge is -2.05. The van der Waals surface area contributed by atoms with Gasteiger partial charge in [0, 0.05) is 10.9 Å². The van der Waals surface area contributed by atoms with Crippen LogP contribution in [-0.4, -0.2) is 22.5 Å². The van der Waals surface area contributed by atoms with Crippen molar-refractivity contribution in [1.82, 2.24) is 10.2 Å².